The number of hydrogen-bond donors (Lipinski definition) is 1. The van der Waals surface area contributed by atoms with Gasteiger partial charge in [-0.15, -0.1) is 5.10 Å². The predicted octanol–water partition coefficient (Wildman–Crippen LogP) is 5.85. The summed E-state index contributed by atoms with van der Waals surface area (Å²) in [5.74, 6) is 1.74. The average Bonchev–Trinajstić information content (AvgIpc) is 3.17. The van der Waals surface area contributed by atoms with E-state index in [9.17, 15) is 13.2 Å². The molecule has 1 aromatic carbocycles. The predicted molar refractivity (Wildman–Crippen MR) is 131 cm³/mol. The molecular weight excluding hydrogens is 493 g/mol. The van der Waals surface area contributed by atoms with E-state index in [0.29, 0.717) is 41.6 Å². The van der Waals surface area contributed by atoms with Crippen molar-refractivity contribution in [3.05, 3.63) is 54.4 Å². The molecule has 3 unspecified atom stereocenters. The van der Waals surface area contributed by atoms with Gasteiger partial charge in [-0.25, -0.2) is 4.52 Å². The fraction of sp³-hybridized carbons (Fsp3) is 0.375. The highest BCUT2D eigenvalue weighted by Crippen LogP contribution is 2.60. The number of aromatic nitrogens is 4. The number of halogens is 3. The summed E-state index contributed by atoms with van der Waals surface area (Å²) in [7, 11) is 0. The van der Waals surface area contributed by atoms with Crippen LogP contribution in [0.15, 0.2) is 53.6 Å². The SMILES string of the molecule is Cc1cc(N2C3C2[C@H]2CC[C@@H]3C2Nc2nc3c(-c4ccc(SC(F)(F)F)cc4)cccn3n2)sn1. The van der Waals surface area contributed by atoms with E-state index in [1.807, 2.05) is 25.3 Å². The van der Waals surface area contributed by atoms with E-state index >= 15 is 0 Å². The van der Waals surface area contributed by atoms with Crippen LogP contribution < -0.4 is 10.2 Å². The maximum Gasteiger partial charge on any atom is 0.446 e. The zero-order chi connectivity index (χ0) is 23.9. The molecule has 1 N–H and O–H groups in total. The number of fused-ring (bicyclic) bond motifs is 6. The molecule has 3 fully saturated rings. The smallest absolute Gasteiger partial charge is 0.351 e. The first kappa shape index (κ1) is 21.5. The van der Waals surface area contributed by atoms with Crippen LogP contribution >= 0.6 is 23.3 Å². The van der Waals surface area contributed by atoms with Crippen molar-refractivity contribution in [2.45, 2.75) is 48.3 Å². The molecule has 11 heteroatoms. The zero-order valence-corrected chi connectivity index (χ0v) is 20.2. The largest absolute Gasteiger partial charge is 0.446 e. The van der Waals surface area contributed by atoms with Gasteiger partial charge in [-0.05, 0) is 79.0 Å². The second-order valence-electron chi connectivity index (χ2n) is 9.47. The number of pyridine rings is 1. The number of nitrogens with one attached hydrogen (secondary N) is 1. The molecular formula is C24H21F3N6S2. The van der Waals surface area contributed by atoms with Crippen molar-refractivity contribution in [3.8, 4) is 11.1 Å². The minimum Gasteiger partial charge on any atom is -0.351 e. The Morgan fingerprint density at radius 1 is 1.09 bits per heavy atom. The number of aryl methyl sites for hydroxylation is 1. The van der Waals surface area contributed by atoms with Gasteiger partial charge in [-0.1, -0.05) is 12.1 Å². The van der Waals surface area contributed by atoms with Crippen LogP contribution in [0.4, 0.5) is 24.1 Å². The maximum atomic E-state index is 12.7. The van der Waals surface area contributed by atoms with Gasteiger partial charge in [0.05, 0.1) is 17.8 Å². The molecule has 2 saturated carbocycles. The molecule has 0 amide bonds. The third kappa shape index (κ3) is 3.58. The van der Waals surface area contributed by atoms with Crippen molar-refractivity contribution < 1.29 is 13.2 Å². The van der Waals surface area contributed by atoms with Crippen LogP contribution in [0.2, 0.25) is 0 Å². The van der Waals surface area contributed by atoms with Crippen molar-refractivity contribution in [3.63, 3.8) is 0 Å². The molecule has 35 heavy (non-hydrogen) atoms. The Hall–Kier alpha value is -2.79. The summed E-state index contributed by atoms with van der Waals surface area (Å²) >= 11 is 1.48. The monoisotopic (exact) mass is 514 g/mol. The molecule has 0 radical (unpaired) electrons. The van der Waals surface area contributed by atoms with Crippen LogP contribution in [0.5, 0.6) is 0 Å². The van der Waals surface area contributed by atoms with Gasteiger partial charge in [0.15, 0.2) is 5.65 Å². The number of piperidine rings is 1. The van der Waals surface area contributed by atoms with E-state index in [2.05, 4.69) is 25.8 Å². The summed E-state index contributed by atoms with van der Waals surface area (Å²) in [6.45, 7) is 2.04. The highest BCUT2D eigenvalue weighted by Gasteiger charge is 2.69. The molecule has 6 nitrogen and oxygen atoms in total. The Kier molecular flexibility index (Phi) is 4.67. The highest BCUT2D eigenvalue weighted by molar-refractivity contribution is 8.00. The lowest BCUT2D eigenvalue weighted by molar-refractivity contribution is -0.0328. The summed E-state index contributed by atoms with van der Waals surface area (Å²) in [6, 6.07) is 13.9. The van der Waals surface area contributed by atoms with Crippen LogP contribution in [0.25, 0.3) is 16.8 Å². The fourth-order valence-corrected chi connectivity index (χ4v) is 7.56. The highest BCUT2D eigenvalue weighted by atomic mass is 32.2. The molecule has 1 aliphatic heterocycles. The van der Waals surface area contributed by atoms with Gasteiger partial charge in [-0.2, -0.15) is 22.5 Å². The third-order valence-electron chi connectivity index (χ3n) is 7.46. The molecule has 4 aromatic rings. The number of hydrogen-bond acceptors (Lipinski definition) is 7. The number of alkyl halides is 3. The normalized spacial score (nSPS) is 27.0. The zero-order valence-electron chi connectivity index (χ0n) is 18.6. The van der Waals surface area contributed by atoms with Crippen LogP contribution in [0.1, 0.15) is 18.5 Å². The van der Waals surface area contributed by atoms with Crippen LogP contribution in [0.3, 0.4) is 0 Å². The fourth-order valence-electron chi connectivity index (χ4n) is 6.17. The molecule has 2 aliphatic carbocycles. The summed E-state index contributed by atoms with van der Waals surface area (Å²) in [4.78, 5) is 7.49. The van der Waals surface area contributed by atoms with Gasteiger partial charge in [0, 0.05) is 34.5 Å². The van der Waals surface area contributed by atoms with Crippen molar-refractivity contribution >= 4 is 39.9 Å². The van der Waals surface area contributed by atoms with E-state index in [1.165, 1.54) is 30.0 Å². The Morgan fingerprint density at radius 3 is 2.49 bits per heavy atom. The summed E-state index contributed by atoms with van der Waals surface area (Å²) in [5, 5.41) is 9.58. The lowest BCUT2D eigenvalue weighted by Crippen LogP contribution is -2.33. The standard InChI is InChI=1S/C24H21F3N6S2/c1-12-11-18(35-31-12)33-20-16-8-9-17(21(20)33)19(16)28-23-29-22-15(3-2-10-32(22)30-23)13-4-6-14(7-5-13)34-24(25,26)27/h2-7,10-11,16-17,19-21H,8-9H2,1H3,(H,28,30)/t16-,17+,19?,20?,21?,33?. The number of rotatable bonds is 5. The summed E-state index contributed by atoms with van der Waals surface area (Å²) < 4.78 is 44.2. The van der Waals surface area contributed by atoms with E-state index < -0.39 is 5.51 Å². The van der Waals surface area contributed by atoms with Crippen molar-refractivity contribution in [1.82, 2.24) is 19.0 Å². The maximum absolute atomic E-state index is 12.7. The molecule has 3 aliphatic rings. The van der Waals surface area contributed by atoms with Gasteiger partial charge in [-0.3, -0.25) is 0 Å². The summed E-state index contributed by atoms with van der Waals surface area (Å²) in [5.41, 5.74) is -0.898. The van der Waals surface area contributed by atoms with E-state index in [-0.39, 0.29) is 16.7 Å². The topological polar surface area (TPSA) is 58.1 Å². The minimum atomic E-state index is -4.30. The summed E-state index contributed by atoms with van der Waals surface area (Å²) in [6.07, 6.45) is 4.26. The van der Waals surface area contributed by atoms with Gasteiger partial charge < -0.3 is 10.2 Å². The molecule has 7 rings (SSSR count). The van der Waals surface area contributed by atoms with E-state index in [4.69, 9.17) is 4.98 Å². The molecule has 4 heterocycles. The van der Waals surface area contributed by atoms with Crippen LogP contribution in [-0.2, 0) is 0 Å². The van der Waals surface area contributed by atoms with Crippen LogP contribution in [0, 0.1) is 18.8 Å². The van der Waals surface area contributed by atoms with Crippen molar-refractivity contribution in [2.75, 3.05) is 10.2 Å². The Labute approximate surface area is 207 Å². The lowest BCUT2D eigenvalue weighted by Gasteiger charge is -2.23. The molecule has 0 spiro atoms. The van der Waals surface area contributed by atoms with E-state index in [0.717, 1.165) is 16.8 Å². The molecule has 180 valence electrons. The second kappa shape index (κ2) is 7.60. The Bertz CT molecular complexity index is 1400. The number of anilines is 2. The van der Waals surface area contributed by atoms with E-state index in [1.54, 1.807) is 28.2 Å². The molecule has 3 aromatic heterocycles. The van der Waals surface area contributed by atoms with Crippen LogP contribution in [-0.4, -0.2) is 42.6 Å². The number of nitrogens with zero attached hydrogens (tertiary/aromatic N) is 5. The first-order chi connectivity index (χ1) is 16.9. The van der Waals surface area contributed by atoms with Gasteiger partial charge in [0.2, 0.25) is 5.95 Å². The van der Waals surface area contributed by atoms with Gasteiger partial charge >= 0.3 is 5.51 Å². The van der Waals surface area contributed by atoms with Gasteiger partial charge in [0.25, 0.3) is 0 Å². The lowest BCUT2D eigenvalue weighted by atomic mass is 10.0. The van der Waals surface area contributed by atoms with Crippen molar-refractivity contribution in [1.29, 1.82) is 0 Å². The van der Waals surface area contributed by atoms with Gasteiger partial charge in [0.1, 0.15) is 5.00 Å². The number of benzene rings is 1. The molecule has 2 bridgehead atoms. The Balaban J connectivity index is 1.12. The molecule has 5 atom stereocenters. The second-order valence-corrected chi connectivity index (χ2v) is 11.4. The Morgan fingerprint density at radius 2 is 1.83 bits per heavy atom. The quantitative estimate of drug-likeness (QED) is 0.266. The first-order valence-electron chi connectivity index (χ1n) is 11.6. The average molecular weight is 515 g/mol. The van der Waals surface area contributed by atoms with Crippen molar-refractivity contribution in [2.24, 2.45) is 11.8 Å². The minimum absolute atomic E-state index is 0.110. The first-order valence-corrected chi connectivity index (χ1v) is 13.1. The number of thioether (sulfide) groups is 1. The molecule has 1 saturated heterocycles. The third-order valence-corrected chi connectivity index (χ3v) is 9.10.